The predicted octanol–water partition coefficient (Wildman–Crippen LogP) is 2.06. The first-order valence-corrected chi connectivity index (χ1v) is 7.04. The molecule has 1 atom stereocenters. The molecule has 0 aromatic carbocycles. The molecule has 9 heteroatoms. The Morgan fingerprint density at radius 1 is 1.43 bits per heavy atom. The molecule has 0 saturated carbocycles. The fourth-order valence-electron chi connectivity index (χ4n) is 1.73. The smallest absolute Gasteiger partial charge is 0.355 e. The van der Waals surface area contributed by atoms with Crippen LogP contribution < -0.4 is 10.6 Å². The second-order valence-corrected chi connectivity index (χ2v) is 5.39. The van der Waals surface area contributed by atoms with E-state index in [-0.39, 0.29) is 5.69 Å². The van der Waals surface area contributed by atoms with Gasteiger partial charge in [0, 0.05) is 5.38 Å². The van der Waals surface area contributed by atoms with E-state index in [0.29, 0.717) is 16.4 Å². The Labute approximate surface area is 124 Å². The minimum absolute atomic E-state index is 0.0226. The lowest BCUT2D eigenvalue weighted by Crippen LogP contribution is -2.31. The minimum Gasteiger partial charge on any atom is -0.476 e. The molecule has 21 heavy (non-hydrogen) atoms. The van der Waals surface area contributed by atoms with Crippen molar-refractivity contribution in [2.24, 2.45) is 0 Å². The first-order valence-electron chi connectivity index (χ1n) is 6.16. The molecule has 0 spiro atoms. The number of H-pyrrole nitrogens is 1. The number of hydrogen-bond acceptors (Lipinski definition) is 5. The van der Waals surface area contributed by atoms with Gasteiger partial charge in [-0.15, -0.1) is 11.3 Å². The van der Waals surface area contributed by atoms with Crippen LogP contribution in [0.3, 0.4) is 0 Å². The molecule has 2 rings (SSSR count). The van der Waals surface area contributed by atoms with Gasteiger partial charge in [0.15, 0.2) is 5.69 Å². The lowest BCUT2D eigenvalue weighted by atomic mass is 10.3. The number of aryl methyl sites for hydroxylation is 2. The molecule has 0 bridgehead atoms. The minimum atomic E-state index is -1.08. The van der Waals surface area contributed by atoms with Crippen LogP contribution >= 0.6 is 11.3 Å². The largest absolute Gasteiger partial charge is 0.476 e. The lowest BCUT2D eigenvalue weighted by molar-refractivity contribution is 0.0691. The quantitative estimate of drug-likeness (QED) is 0.689. The van der Waals surface area contributed by atoms with Crippen molar-refractivity contribution in [1.82, 2.24) is 20.5 Å². The van der Waals surface area contributed by atoms with Crippen LogP contribution in [0.15, 0.2) is 5.38 Å². The molecule has 4 N–H and O–H groups in total. The zero-order valence-corrected chi connectivity index (χ0v) is 12.5. The Morgan fingerprint density at radius 2 is 2.14 bits per heavy atom. The maximum atomic E-state index is 11.9. The average Bonchev–Trinajstić information content (AvgIpc) is 3.01. The molecule has 0 aliphatic heterocycles. The first-order chi connectivity index (χ1) is 9.88. The van der Waals surface area contributed by atoms with Crippen LogP contribution in [0.25, 0.3) is 0 Å². The summed E-state index contributed by atoms with van der Waals surface area (Å²) >= 11 is 1.19. The molecule has 0 aliphatic carbocycles. The summed E-state index contributed by atoms with van der Waals surface area (Å²) in [5.74, 6) is -1.08. The first kappa shape index (κ1) is 15.0. The van der Waals surface area contributed by atoms with Crippen molar-refractivity contribution in [1.29, 1.82) is 0 Å². The summed E-state index contributed by atoms with van der Waals surface area (Å²) in [4.78, 5) is 26.7. The topological polar surface area (TPSA) is 120 Å². The Bertz CT molecular complexity index is 659. The summed E-state index contributed by atoms with van der Waals surface area (Å²) in [6.45, 7) is 5.32. The van der Waals surface area contributed by atoms with Gasteiger partial charge in [0.25, 0.3) is 0 Å². The van der Waals surface area contributed by atoms with Gasteiger partial charge in [-0.25, -0.2) is 14.6 Å². The normalized spacial score (nSPS) is 12.0. The molecule has 0 saturated heterocycles. The SMILES string of the molecule is Cc1n[nH]c(C)c1NC(=O)NC(C)c1nc(C(=O)O)cs1. The van der Waals surface area contributed by atoms with E-state index in [9.17, 15) is 9.59 Å². The summed E-state index contributed by atoms with van der Waals surface area (Å²) < 4.78 is 0. The summed E-state index contributed by atoms with van der Waals surface area (Å²) in [7, 11) is 0. The summed E-state index contributed by atoms with van der Waals surface area (Å²) in [6.07, 6.45) is 0. The monoisotopic (exact) mass is 309 g/mol. The van der Waals surface area contributed by atoms with Gasteiger partial charge in [-0.2, -0.15) is 5.10 Å². The van der Waals surface area contributed by atoms with Crippen LogP contribution in [0.5, 0.6) is 0 Å². The standard InChI is InChI=1S/C12H15N5O3S/c1-5-9(6(2)17-16-5)15-12(20)13-7(3)10-14-8(4-21-10)11(18)19/h4,7H,1-3H3,(H,16,17)(H,18,19)(H2,13,15,20). The van der Waals surface area contributed by atoms with Crippen LogP contribution in [-0.2, 0) is 0 Å². The third-order valence-corrected chi connectivity index (χ3v) is 3.85. The highest BCUT2D eigenvalue weighted by Crippen LogP contribution is 2.19. The number of aromatic nitrogens is 3. The van der Waals surface area contributed by atoms with Crippen molar-refractivity contribution in [2.75, 3.05) is 5.32 Å². The van der Waals surface area contributed by atoms with Crippen LogP contribution in [0.1, 0.15) is 39.8 Å². The van der Waals surface area contributed by atoms with E-state index in [1.165, 1.54) is 16.7 Å². The molecule has 0 aliphatic rings. The van der Waals surface area contributed by atoms with E-state index >= 15 is 0 Å². The number of carboxylic acid groups (broad SMARTS) is 1. The average molecular weight is 309 g/mol. The fourth-order valence-corrected chi connectivity index (χ4v) is 2.53. The Morgan fingerprint density at radius 3 is 2.67 bits per heavy atom. The second kappa shape index (κ2) is 5.92. The molecule has 112 valence electrons. The summed E-state index contributed by atoms with van der Waals surface area (Å²) in [5.41, 5.74) is 2.06. The number of carbonyl (C=O) groups is 2. The number of rotatable bonds is 4. The molecular weight excluding hydrogens is 294 g/mol. The Kier molecular flexibility index (Phi) is 4.22. The summed E-state index contributed by atoms with van der Waals surface area (Å²) in [5, 5.41) is 23.0. The maximum absolute atomic E-state index is 11.9. The number of aromatic amines is 1. The number of aromatic carboxylic acids is 1. The number of carbonyl (C=O) groups excluding carboxylic acids is 1. The number of urea groups is 1. The Hall–Kier alpha value is -2.42. The van der Waals surface area contributed by atoms with Gasteiger partial charge in [0.2, 0.25) is 0 Å². The molecule has 2 heterocycles. The number of amides is 2. The number of thiazole rings is 1. The summed E-state index contributed by atoms with van der Waals surface area (Å²) in [6, 6.07) is -0.794. The van der Waals surface area contributed by atoms with Gasteiger partial charge >= 0.3 is 12.0 Å². The predicted molar refractivity (Wildman–Crippen MR) is 77.7 cm³/mol. The van der Waals surface area contributed by atoms with Crippen LogP contribution in [0.4, 0.5) is 10.5 Å². The number of carboxylic acids is 1. The zero-order chi connectivity index (χ0) is 15.6. The van der Waals surface area contributed by atoms with Crippen LogP contribution in [-0.4, -0.2) is 32.3 Å². The molecule has 2 amide bonds. The van der Waals surface area contributed by atoms with Crippen molar-refractivity contribution in [2.45, 2.75) is 26.8 Å². The van der Waals surface area contributed by atoms with Crippen molar-refractivity contribution in [3.05, 3.63) is 27.5 Å². The van der Waals surface area contributed by atoms with Gasteiger partial charge < -0.3 is 15.7 Å². The van der Waals surface area contributed by atoms with Gasteiger partial charge in [0.05, 0.1) is 23.1 Å². The van der Waals surface area contributed by atoms with E-state index in [4.69, 9.17) is 5.11 Å². The van der Waals surface area contributed by atoms with Crippen molar-refractivity contribution >= 4 is 29.0 Å². The van der Waals surface area contributed by atoms with Crippen LogP contribution in [0.2, 0.25) is 0 Å². The third-order valence-electron chi connectivity index (χ3n) is 2.83. The molecule has 0 fully saturated rings. The zero-order valence-electron chi connectivity index (χ0n) is 11.7. The Balaban J connectivity index is 2.00. The van der Waals surface area contributed by atoms with E-state index in [2.05, 4.69) is 25.8 Å². The van der Waals surface area contributed by atoms with E-state index in [1.807, 2.05) is 0 Å². The van der Waals surface area contributed by atoms with Crippen molar-refractivity contribution in [3.63, 3.8) is 0 Å². The molecule has 1 unspecified atom stereocenters. The molecule has 8 nitrogen and oxygen atoms in total. The van der Waals surface area contributed by atoms with E-state index < -0.39 is 18.0 Å². The maximum Gasteiger partial charge on any atom is 0.355 e. The van der Waals surface area contributed by atoms with Crippen molar-refractivity contribution < 1.29 is 14.7 Å². The molecule has 0 radical (unpaired) electrons. The molecule has 2 aromatic rings. The second-order valence-electron chi connectivity index (χ2n) is 4.51. The highest BCUT2D eigenvalue weighted by atomic mass is 32.1. The number of nitrogens with zero attached hydrogens (tertiary/aromatic N) is 2. The lowest BCUT2D eigenvalue weighted by Gasteiger charge is -2.12. The van der Waals surface area contributed by atoms with Gasteiger partial charge in [0.1, 0.15) is 5.01 Å². The van der Waals surface area contributed by atoms with Crippen LogP contribution in [0, 0.1) is 13.8 Å². The molecular formula is C12H15N5O3S. The van der Waals surface area contributed by atoms with Gasteiger partial charge in [-0.3, -0.25) is 5.10 Å². The molecule has 2 aromatic heterocycles. The third kappa shape index (κ3) is 3.37. The number of nitrogens with one attached hydrogen (secondary N) is 3. The number of anilines is 1. The van der Waals surface area contributed by atoms with Gasteiger partial charge in [-0.1, -0.05) is 0 Å². The fraction of sp³-hybridized carbons (Fsp3) is 0.333. The van der Waals surface area contributed by atoms with Gasteiger partial charge in [-0.05, 0) is 20.8 Å². The van der Waals surface area contributed by atoms with Crippen molar-refractivity contribution in [3.8, 4) is 0 Å². The van der Waals surface area contributed by atoms with E-state index in [0.717, 1.165) is 5.69 Å². The van der Waals surface area contributed by atoms with E-state index in [1.54, 1.807) is 20.8 Å². The highest BCUT2D eigenvalue weighted by molar-refractivity contribution is 7.09. The highest BCUT2D eigenvalue weighted by Gasteiger charge is 2.17. The number of hydrogen-bond donors (Lipinski definition) is 4.